The molecule has 0 saturated heterocycles. The molecule has 0 unspecified atom stereocenters. The van der Waals surface area contributed by atoms with Gasteiger partial charge in [-0.3, -0.25) is 0 Å². The molecule has 0 N–H and O–H groups in total. The van der Waals surface area contributed by atoms with E-state index in [0.29, 0.717) is 0 Å². The van der Waals surface area contributed by atoms with Crippen molar-refractivity contribution in [3.63, 3.8) is 0 Å². The van der Waals surface area contributed by atoms with Gasteiger partial charge in [-0.05, 0) is 12.1 Å². The zero-order chi connectivity index (χ0) is 24.2. The fourth-order valence-electron chi connectivity index (χ4n) is 4.83. The molecule has 0 amide bonds. The minimum absolute atomic E-state index is 0. The van der Waals surface area contributed by atoms with Crippen molar-refractivity contribution in [2.24, 2.45) is 0 Å². The molecule has 0 saturated carbocycles. The largest absolute Gasteiger partial charge is 1.00 e. The molecule has 1 heterocycles. The molecule has 6 rings (SSSR count). The van der Waals surface area contributed by atoms with Crippen molar-refractivity contribution >= 4 is 34.7 Å². The first-order valence-electron chi connectivity index (χ1n) is 11.9. The van der Waals surface area contributed by atoms with Crippen LogP contribution in [0.15, 0.2) is 146 Å². The second-order valence-electron chi connectivity index (χ2n) is 8.56. The average molecular weight is 490 g/mol. The van der Waals surface area contributed by atoms with E-state index in [1.807, 2.05) is 59.3 Å². The van der Waals surface area contributed by atoms with Crippen molar-refractivity contribution < 1.29 is 23.6 Å². The Morgan fingerprint density at radius 2 is 0.973 bits per heavy atom. The molecule has 0 spiro atoms. The molecule has 0 aliphatic carbocycles. The van der Waals surface area contributed by atoms with Gasteiger partial charge in [0.25, 0.3) is 0 Å². The van der Waals surface area contributed by atoms with Crippen molar-refractivity contribution in [2.75, 3.05) is 0 Å². The second-order valence-corrected chi connectivity index (χ2v) is 12.2. The van der Waals surface area contributed by atoms with Crippen molar-refractivity contribution in [3.8, 4) is 5.75 Å². The summed E-state index contributed by atoms with van der Waals surface area (Å²) in [5.74, 6) is 1.53. The molecule has 0 aliphatic rings. The summed E-state index contributed by atoms with van der Waals surface area (Å²) in [6, 6.07) is 50.0. The summed E-state index contributed by atoms with van der Waals surface area (Å²) in [7, 11) is -3.00. The van der Waals surface area contributed by atoms with Gasteiger partial charge < -0.3 is 9.42 Å². The Morgan fingerprint density at radius 1 is 0.541 bits per heavy atom. The van der Waals surface area contributed by atoms with Crippen molar-refractivity contribution in [1.29, 1.82) is 0 Å². The van der Waals surface area contributed by atoms with Gasteiger partial charge in [0.05, 0.1) is 0 Å². The Labute approximate surface area is 229 Å². The third-order valence-corrected chi connectivity index (χ3v) is 11.0. The van der Waals surface area contributed by atoms with Gasteiger partial charge in [0.1, 0.15) is 5.75 Å². The number of hydrogen-bond donors (Lipinski definition) is 0. The molecular formula is C31H24LiN3OSi. The zero-order valence-corrected chi connectivity index (χ0v) is 21.6. The summed E-state index contributed by atoms with van der Waals surface area (Å²) in [4.78, 5) is 0. The van der Waals surface area contributed by atoms with E-state index in [-0.39, 0.29) is 18.9 Å². The van der Waals surface area contributed by atoms with Gasteiger partial charge in [-0.1, -0.05) is 154 Å². The van der Waals surface area contributed by atoms with Gasteiger partial charge >= 0.3 is 18.9 Å². The monoisotopic (exact) mass is 489 g/mol. The molecular weight excluding hydrogens is 465 g/mol. The fraction of sp³-hybridized carbons (Fsp3) is 0. The van der Waals surface area contributed by atoms with Crippen LogP contribution >= 0.6 is 0 Å². The fourth-order valence-corrected chi connectivity index (χ4v) is 9.40. The van der Waals surface area contributed by atoms with Crippen LogP contribution in [0.25, 0.3) is 11.0 Å². The maximum atomic E-state index is 6.93. The molecule has 6 aromatic rings. The molecule has 0 fully saturated rings. The Kier molecular flexibility index (Phi) is 7.29. The van der Waals surface area contributed by atoms with Crippen LogP contribution in [0.2, 0.25) is 0 Å². The predicted molar refractivity (Wildman–Crippen MR) is 147 cm³/mol. The van der Waals surface area contributed by atoms with Gasteiger partial charge in [-0.15, -0.1) is 6.07 Å². The summed E-state index contributed by atoms with van der Waals surface area (Å²) >= 11 is 0. The van der Waals surface area contributed by atoms with Crippen LogP contribution in [0.1, 0.15) is 0 Å². The second kappa shape index (κ2) is 10.9. The first-order chi connectivity index (χ1) is 17.9. The predicted octanol–water partition coefficient (Wildman–Crippen LogP) is 1.56. The standard InChI is InChI=1S/C31H24N3OSi.Li/c1-5-15-25(16-6-1)35-31(34-30-24-14-13-23-29(30)32-33-34)36(26-17-7-2-8-18-26,27-19-9-3-10-20-27)28-21-11-4-12-22-28;/h1-24H;/q-1;+1. The summed E-state index contributed by atoms with van der Waals surface area (Å²) < 4.78 is 8.84. The molecule has 0 radical (unpaired) electrons. The van der Waals surface area contributed by atoms with Gasteiger partial charge in [0.15, 0.2) is 8.07 Å². The number of rotatable bonds is 7. The molecule has 5 aromatic carbocycles. The first kappa shape index (κ1) is 24.7. The normalized spacial score (nSPS) is 11.0. The van der Waals surface area contributed by atoms with Crippen molar-refractivity contribution in [2.45, 2.75) is 0 Å². The molecule has 1 aromatic heterocycles. The van der Waals surface area contributed by atoms with Gasteiger partial charge in [0, 0.05) is 11.4 Å². The first-order valence-corrected chi connectivity index (χ1v) is 13.9. The average Bonchev–Trinajstić information content (AvgIpc) is 3.39. The van der Waals surface area contributed by atoms with Crippen LogP contribution in [0.4, 0.5) is 0 Å². The Morgan fingerprint density at radius 3 is 1.49 bits per heavy atom. The van der Waals surface area contributed by atoms with Crippen molar-refractivity contribution in [3.05, 3.63) is 151 Å². The summed E-state index contributed by atoms with van der Waals surface area (Å²) in [6.45, 7) is 0. The number of nitrogens with zero attached hydrogens (tertiary/aromatic N) is 3. The summed E-state index contributed by atoms with van der Waals surface area (Å²) in [5.41, 5.74) is 1.73. The van der Waals surface area contributed by atoms with Crippen LogP contribution in [0.5, 0.6) is 5.75 Å². The van der Waals surface area contributed by atoms with Gasteiger partial charge in [0.2, 0.25) is 0 Å². The van der Waals surface area contributed by atoms with E-state index in [9.17, 15) is 0 Å². The molecule has 0 aliphatic heterocycles. The smallest absolute Gasteiger partial charge is 0.532 e. The van der Waals surface area contributed by atoms with Gasteiger partial charge in [-0.2, -0.15) is 5.10 Å². The molecule has 0 atom stereocenters. The third kappa shape index (κ3) is 4.49. The van der Waals surface area contributed by atoms with Crippen LogP contribution in [-0.2, 0) is 0 Å². The van der Waals surface area contributed by atoms with E-state index in [1.54, 1.807) is 0 Å². The van der Waals surface area contributed by atoms with E-state index < -0.39 is 8.07 Å². The van der Waals surface area contributed by atoms with Gasteiger partial charge in [-0.25, -0.2) is 0 Å². The van der Waals surface area contributed by atoms with Crippen LogP contribution in [0, 0.1) is 5.85 Å². The van der Waals surface area contributed by atoms with E-state index >= 15 is 0 Å². The number of para-hydroxylation sites is 2. The van der Waals surface area contributed by atoms with Crippen LogP contribution in [-0.4, -0.2) is 23.1 Å². The van der Waals surface area contributed by atoms with Crippen LogP contribution < -0.4 is 39.2 Å². The maximum Gasteiger partial charge on any atom is 1.00 e. The molecule has 6 heteroatoms. The zero-order valence-electron chi connectivity index (χ0n) is 20.6. The molecule has 0 bridgehead atoms. The number of ether oxygens (including phenoxy) is 1. The topological polar surface area (TPSA) is 39.9 Å². The van der Waals surface area contributed by atoms with E-state index in [1.165, 1.54) is 15.6 Å². The van der Waals surface area contributed by atoms with E-state index in [4.69, 9.17) is 4.74 Å². The molecule has 4 nitrogen and oxygen atoms in total. The quantitative estimate of drug-likeness (QED) is 0.194. The number of aromatic nitrogens is 3. The minimum Gasteiger partial charge on any atom is -0.532 e. The van der Waals surface area contributed by atoms with E-state index in [2.05, 4.69) is 101 Å². The molecule has 37 heavy (non-hydrogen) atoms. The maximum absolute atomic E-state index is 6.93. The van der Waals surface area contributed by atoms with Crippen LogP contribution in [0.3, 0.4) is 0 Å². The summed E-state index contributed by atoms with van der Waals surface area (Å²) in [6.07, 6.45) is 0. The Balaban J connectivity index is 0.00000280. The minimum atomic E-state index is -3.00. The number of benzene rings is 5. The van der Waals surface area contributed by atoms with E-state index in [0.717, 1.165) is 22.6 Å². The number of fused-ring (bicyclic) bond motifs is 1. The SMILES string of the molecule is [Li+].c1ccc(O[C-](n2nnc3ccccc32)[Si](c2ccccc2)(c2ccccc2)c2ccccc2)cc1. The van der Waals surface area contributed by atoms with Crippen molar-refractivity contribution in [1.82, 2.24) is 15.0 Å². The summed E-state index contributed by atoms with van der Waals surface area (Å²) in [5, 5.41) is 12.8. The Bertz CT molecular complexity index is 1460. The Hall–Kier alpha value is -4.02. The molecule has 174 valence electrons. The number of hydrogen-bond acceptors (Lipinski definition) is 3. The third-order valence-electron chi connectivity index (χ3n) is 6.44.